The lowest BCUT2D eigenvalue weighted by molar-refractivity contribution is -0.120. The normalized spacial score (nSPS) is 31.1. The molecule has 0 spiro atoms. The van der Waals surface area contributed by atoms with Gasteiger partial charge in [-0.2, -0.15) is 0 Å². The fraction of sp³-hybridized carbons (Fsp3) is 0.588. The van der Waals surface area contributed by atoms with Gasteiger partial charge >= 0.3 is 0 Å². The molecule has 2 heteroatoms. The van der Waals surface area contributed by atoms with E-state index < -0.39 is 0 Å². The van der Waals surface area contributed by atoms with Gasteiger partial charge in [-0.3, -0.25) is 4.90 Å². The van der Waals surface area contributed by atoms with E-state index in [1.54, 1.807) is 0 Å². The summed E-state index contributed by atoms with van der Waals surface area (Å²) >= 11 is 0. The molecule has 1 aromatic carbocycles. The van der Waals surface area contributed by atoms with Crippen molar-refractivity contribution in [3.63, 3.8) is 0 Å². The van der Waals surface area contributed by atoms with Gasteiger partial charge in [-0.1, -0.05) is 44.0 Å². The smallest absolute Gasteiger partial charge is 0.127 e. The van der Waals surface area contributed by atoms with E-state index in [-0.39, 0.29) is 5.41 Å². The summed E-state index contributed by atoms with van der Waals surface area (Å²) in [7, 11) is 0. The molecule has 102 valence electrons. The van der Waals surface area contributed by atoms with Gasteiger partial charge in [0.1, 0.15) is 6.29 Å². The number of hydrogen-bond donors (Lipinski definition) is 0. The van der Waals surface area contributed by atoms with Crippen LogP contribution in [0.15, 0.2) is 24.3 Å². The largest absolute Gasteiger partial charge is 0.303 e. The van der Waals surface area contributed by atoms with Gasteiger partial charge in [0, 0.05) is 25.0 Å². The van der Waals surface area contributed by atoms with E-state index in [1.807, 2.05) is 0 Å². The van der Waals surface area contributed by atoms with Crippen molar-refractivity contribution < 1.29 is 4.79 Å². The summed E-state index contributed by atoms with van der Waals surface area (Å²) in [5.41, 5.74) is 2.79. The maximum Gasteiger partial charge on any atom is 0.127 e. The van der Waals surface area contributed by atoms with Crippen molar-refractivity contribution in [2.24, 2.45) is 11.3 Å². The zero-order valence-electron chi connectivity index (χ0n) is 11.8. The number of nitrogens with zero attached hydrogens (tertiary/aromatic N) is 1. The van der Waals surface area contributed by atoms with Crippen molar-refractivity contribution in [1.29, 1.82) is 0 Å². The van der Waals surface area contributed by atoms with Crippen LogP contribution in [0.25, 0.3) is 0 Å². The Morgan fingerprint density at radius 2 is 2.00 bits per heavy atom. The number of rotatable bonds is 3. The van der Waals surface area contributed by atoms with Crippen LogP contribution < -0.4 is 0 Å². The fourth-order valence-corrected chi connectivity index (χ4v) is 3.95. The third-order valence-electron chi connectivity index (χ3n) is 4.82. The molecule has 1 aromatic rings. The monoisotopic (exact) mass is 257 g/mol. The van der Waals surface area contributed by atoms with Gasteiger partial charge in [0.25, 0.3) is 0 Å². The average Bonchev–Trinajstić information content (AvgIpc) is 2.80. The van der Waals surface area contributed by atoms with Crippen LogP contribution in [0.4, 0.5) is 0 Å². The summed E-state index contributed by atoms with van der Waals surface area (Å²) in [6.07, 6.45) is 5.90. The van der Waals surface area contributed by atoms with Crippen molar-refractivity contribution in [3.05, 3.63) is 35.4 Å². The molecule has 3 rings (SSSR count). The molecule has 2 aliphatic rings. The first-order valence-corrected chi connectivity index (χ1v) is 7.46. The van der Waals surface area contributed by atoms with Gasteiger partial charge in [-0.25, -0.2) is 0 Å². The average molecular weight is 257 g/mol. The third-order valence-corrected chi connectivity index (χ3v) is 4.82. The van der Waals surface area contributed by atoms with E-state index in [4.69, 9.17) is 0 Å². The highest BCUT2D eigenvalue weighted by molar-refractivity contribution is 5.60. The molecule has 1 heterocycles. The van der Waals surface area contributed by atoms with Gasteiger partial charge in [0.2, 0.25) is 0 Å². The van der Waals surface area contributed by atoms with Crippen molar-refractivity contribution in [2.45, 2.75) is 45.7 Å². The van der Waals surface area contributed by atoms with Crippen LogP contribution >= 0.6 is 0 Å². The highest BCUT2D eigenvalue weighted by atomic mass is 16.1. The van der Waals surface area contributed by atoms with Gasteiger partial charge in [-0.05, 0) is 29.9 Å². The Balaban J connectivity index is 1.70. The van der Waals surface area contributed by atoms with Crippen molar-refractivity contribution in [1.82, 2.24) is 4.90 Å². The molecule has 0 amide bonds. The molecule has 1 fully saturated rings. The minimum atomic E-state index is -0.0836. The fourth-order valence-electron chi connectivity index (χ4n) is 3.95. The lowest BCUT2D eigenvalue weighted by atomic mass is 9.71. The van der Waals surface area contributed by atoms with E-state index in [1.165, 1.54) is 30.3 Å². The molecule has 19 heavy (non-hydrogen) atoms. The molecule has 0 bridgehead atoms. The Morgan fingerprint density at radius 3 is 2.58 bits per heavy atom. The molecule has 1 aliphatic heterocycles. The second kappa shape index (κ2) is 5.09. The number of carbonyl (C=O) groups excluding carboxylic acids is 1. The molecule has 1 aliphatic carbocycles. The van der Waals surface area contributed by atoms with Crippen LogP contribution in [0.3, 0.4) is 0 Å². The highest BCUT2D eigenvalue weighted by Gasteiger charge is 2.37. The third kappa shape index (κ3) is 2.59. The molecule has 2 unspecified atom stereocenters. The SMILES string of the molecule is CC1CCCC(C=O)(CN2Cc3ccccc3C2)C1. The Morgan fingerprint density at radius 1 is 1.32 bits per heavy atom. The van der Waals surface area contributed by atoms with Crippen LogP contribution in [0.5, 0.6) is 0 Å². The molecule has 2 nitrogen and oxygen atoms in total. The van der Waals surface area contributed by atoms with Crippen molar-refractivity contribution in [3.8, 4) is 0 Å². The number of carbonyl (C=O) groups is 1. The zero-order chi connectivity index (χ0) is 13.3. The number of benzene rings is 1. The van der Waals surface area contributed by atoms with Crippen LogP contribution in [0.2, 0.25) is 0 Å². The second-order valence-electron chi connectivity index (χ2n) is 6.60. The molecule has 2 atom stereocenters. The topological polar surface area (TPSA) is 20.3 Å². The quantitative estimate of drug-likeness (QED) is 0.774. The maximum absolute atomic E-state index is 11.7. The molecule has 0 saturated heterocycles. The van der Waals surface area contributed by atoms with Gasteiger partial charge in [0.05, 0.1) is 0 Å². The Hall–Kier alpha value is -1.15. The second-order valence-corrected chi connectivity index (χ2v) is 6.60. The molecular formula is C17H23NO. The standard InChI is InChI=1S/C17H23NO/c1-14-5-4-8-17(9-14,13-19)12-18-10-15-6-2-3-7-16(15)11-18/h2-3,6-7,13-14H,4-5,8-12H2,1H3. The first-order valence-electron chi connectivity index (χ1n) is 7.46. The molecule has 0 radical (unpaired) electrons. The van der Waals surface area contributed by atoms with E-state index in [0.717, 1.165) is 32.5 Å². The Kier molecular flexibility index (Phi) is 3.44. The van der Waals surface area contributed by atoms with Gasteiger partial charge in [0.15, 0.2) is 0 Å². The van der Waals surface area contributed by atoms with E-state index in [0.29, 0.717) is 5.92 Å². The van der Waals surface area contributed by atoms with E-state index in [2.05, 4.69) is 36.1 Å². The number of hydrogen-bond acceptors (Lipinski definition) is 2. The molecular weight excluding hydrogens is 234 g/mol. The van der Waals surface area contributed by atoms with Gasteiger partial charge in [-0.15, -0.1) is 0 Å². The number of aldehydes is 1. The predicted octanol–water partition coefficient (Wildman–Crippen LogP) is 3.40. The zero-order valence-corrected chi connectivity index (χ0v) is 11.8. The molecule has 0 aromatic heterocycles. The Bertz CT molecular complexity index is 445. The minimum Gasteiger partial charge on any atom is -0.303 e. The van der Waals surface area contributed by atoms with Crippen LogP contribution in [0.1, 0.15) is 43.7 Å². The minimum absolute atomic E-state index is 0.0836. The first-order chi connectivity index (χ1) is 9.21. The summed E-state index contributed by atoms with van der Waals surface area (Å²) < 4.78 is 0. The summed E-state index contributed by atoms with van der Waals surface area (Å²) in [5.74, 6) is 0.698. The van der Waals surface area contributed by atoms with Crippen LogP contribution in [-0.2, 0) is 17.9 Å². The molecule has 1 saturated carbocycles. The summed E-state index contributed by atoms with van der Waals surface area (Å²) in [5, 5.41) is 0. The number of fused-ring (bicyclic) bond motifs is 1. The van der Waals surface area contributed by atoms with Crippen molar-refractivity contribution >= 4 is 6.29 Å². The van der Waals surface area contributed by atoms with Crippen molar-refractivity contribution in [2.75, 3.05) is 6.54 Å². The molecule has 0 N–H and O–H groups in total. The van der Waals surface area contributed by atoms with E-state index >= 15 is 0 Å². The summed E-state index contributed by atoms with van der Waals surface area (Å²) in [4.78, 5) is 14.1. The van der Waals surface area contributed by atoms with E-state index in [9.17, 15) is 4.79 Å². The first kappa shape index (κ1) is 12.9. The lowest BCUT2D eigenvalue weighted by Crippen LogP contribution is -2.39. The Labute approximate surface area is 115 Å². The summed E-state index contributed by atoms with van der Waals surface area (Å²) in [6.45, 7) is 5.26. The predicted molar refractivity (Wildman–Crippen MR) is 76.7 cm³/mol. The summed E-state index contributed by atoms with van der Waals surface area (Å²) in [6, 6.07) is 8.65. The van der Waals surface area contributed by atoms with Crippen LogP contribution in [-0.4, -0.2) is 17.7 Å². The highest BCUT2D eigenvalue weighted by Crippen LogP contribution is 2.39. The maximum atomic E-state index is 11.7. The lowest BCUT2D eigenvalue weighted by Gasteiger charge is -2.38. The van der Waals surface area contributed by atoms with Crippen LogP contribution in [0, 0.1) is 11.3 Å². The van der Waals surface area contributed by atoms with Gasteiger partial charge < -0.3 is 4.79 Å².